The predicted molar refractivity (Wildman–Crippen MR) is 79.1 cm³/mol. The number of hydrogen-bond acceptors (Lipinski definition) is 2. The summed E-state index contributed by atoms with van der Waals surface area (Å²) in [5, 5.41) is 3.70. The SMILES string of the molecule is ClCC1(NCC2Cc3ccccc3O2)CCCCC1. The molecule has 0 bridgehead atoms. The monoisotopic (exact) mass is 279 g/mol. The van der Waals surface area contributed by atoms with Gasteiger partial charge in [-0.3, -0.25) is 0 Å². The number of halogens is 1. The smallest absolute Gasteiger partial charge is 0.123 e. The summed E-state index contributed by atoms with van der Waals surface area (Å²) in [5.74, 6) is 1.77. The number of ether oxygens (including phenoxy) is 1. The number of nitrogens with one attached hydrogen (secondary N) is 1. The maximum Gasteiger partial charge on any atom is 0.123 e. The summed E-state index contributed by atoms with van der Waals surface area (Å²) in [5.41, 5.74) is 1.48. The minimum absolute atomic E-state index is 0.151. The van der Waals surface area contributed by atoms with Crippen molar-refractivity contribution in [3.8, 4) is 5.75 Å². The van der Waals surface area contributed by atoms with Crippen molar-refractivity contribution >= 4 is 11.6 Å². The van der Waals surface area contributed by atoms with Gasteiger partial charge in [-0.25, -0.2) is 0 Å². The first-order chi connectivity index (χ1) is 9.31. The second kappa shape index (κ2) is 5.72. The van der Waals surface area contributed by atoms with E-state index < -0.39 is 0 Å². The third-order valence-corrected chi connectivity index (χ3v) is 5.00. The maximum absolute atomic E-state index is 6.21. The topological polar surface area (TPSA) is 21.3 Å². The highest BCUT2D eigenvalue weighted by molar-refractivity contribution is 6.18. The largest absolute Gasteiger partial charge is 0.488 e. The highest BCUT2D eigenvalue weighted by Crippen LogP contribution is 2.31. The zero-order valence-electron chi connectivity index (χ0n) is 11.3. The second-order valence-electron chi connectivity index (χ2n) is 5.91. The van der Waals surface area contributed by atoms with E-state index in [1.807, 2.05) is 6.07 Å². The van der Waals surface area contributed by atoms with Gasteiger partial charge in [0.15, 0.2) is 0 Å². The van der Waals surface area contributed by atoms with Crippen molar-refractivity contribution in [1.82, 2.24) is 5.32 Å². The molecule has 1 saturated carbocycles. The Kier molecular flexibility index (Phi) is 3.99. The molecule has 2 aliphatic rings. The molecule has 3 heteroatoms. The molecule has 0 aromatic heterocycles. The summed E-state index contributed by atoms with van der Waals surface area (Å²) < 4.78 is 5.98. The Morgan fingerprint density at radius 2 is 2.00 bits per heavy atom. The molecule has 2 nitrogen and oxygen atoms in total. The number of rotatable bonds is 4. The van der Waals surface area contributed by atoms with Gasteiger partial charge in [-0.2, -0.15) is 0 Å². The summed E-state index contributed by atoms with van der Waals surface area (Å²) in [6.45, 7) is 0.904. The molecule has 1 unspecified atom stereocenters. The summed E-state index contributed by atoms with van der Waals surface area (Å²) >= 11 is 6.21. The fraction of sp³-hybridized carbons (Fsp3) is 0.625. The standard InChI is InChI=1S/C16H22ClNO/c17-12-16(8-4-1-5-9-16)18-11-14-10-13-6-2-3-7-15(13)19-14/h2-3,6-7,14,18H,1,4-5,8-12H2. The molecular formula is C16H22ClNO. The first kappa shape index (κ1) is 13.3. The Hall–Kier alpha value is -0.730. The Labute approximate surface area is 120 Å². The van der Waals surface area contributed by atoms with E-state index in [9.17, 15) is 0 Å². The quantitative estimate of drug-likeness (QED) is 0.852. The number of alkyl halides is 1. The van der Waals surface area contributed by atoms with Gasteiger partial charge in [0.05, 0.1) is 0 Å². The van der Waals surface area contributed by atoms with Gasteiger partial charge in [-0.15, -0.1) is 11.6 Å². The lowest BCUT2D eigenvalue weighted by Gasteiger charge is -2.37. The van der Waals surface area contributed by atoms with Crippen molar-refractivity contribution in [2.24, 2.45) is 0 Å². The van der Waals surface area contributed by atoms with Gasteiger partial charge in [0.25, 0.3) is 0 Å². The summed E-state index contributed by atoms with van der Waals surface area (Å²) in [4.78, 5) is 0. The van der Waals surface area contributed by atoms with E-state index >= 15 is 0 Å². The molecule has 1 atom stereocenters. The minimum Gasteiger partial charge on any atom is -0.488 e. The van der Waals surface area contributed by atoms with Gasteiger partial charge in [0.2, 0.25) is 0 Å². The summed E-state index contributed by atoms with van der Waals surface area (Å²) in [7, 11) is 0. The Bertz CT molecular complexity index is 404. The fourth-order valence-electron chi connectivity index (χ4n) is 3.28. The molecular weight excluding hydrogens is 258 g/mol. The van der Waals surface area contributed by atoms with Gasteiger partial charge >= 0.3 is 0 Å². The van der Waals surface area contributed by atoms with E-state index in [0.717, 1.165) is 18.7 Å². The lowest BCUT2D eigenvalue weighted by atomic mass is 9.83. The van der Waals surface area contributed by atoms with E-state index in [4.69, 9.17) is 16.3 Å². The van der Waals surface area contributed by atoms with Crippen molar-refractivity contribution in [3.05, 3.63) is 29.8 Å². The molecule has 0 saturated heterocycles. The fourth-order valence-corrected chi connectivity index (χ4v) is 3.65. The zero-order chi connectivity index (χ0) is 13.1. The van der Waals surface area contributed by atoms with Crippen LogP contribution in [0, 0.1) is 0 Å². The van der Waals surface area contributed by atoms with Crippen LogP contribution < -0.4 is 10.1 Å². The molecule has 0 spiro atoms. The van der Waals surface area contributed by atoms with Crippen molar-refractivity contribution in [3.63, 3.8) is 0 Å². The highest BCUT2D eigenvalue weighted by atomic mass is 35.5. The van der Waals surface area contributed by atoms with E-state index in [0.29, 0.717) is 5.88 Å². The van der Waals surface area contributed by atoms with Crippen LogP contribution in [0.25, 0.3) is 0 Å². The number of para-hydroxylation sites is 1. The van der Waals surface area contributed by atoms with Gasteiger partial charge < -0.3 is 10.1 Å². The molecule has 1 aliphatic heterocycles. The van der Waals surface area contributed by atoms with Crippen LogP contribution in [0.5, 0.6) is 5.75 Å². The molecule has 1 heterocycles. The van der Waals surface area contributed by atoms with Crippen LogP contribution in [0.2, 0.25) is 0 Å². The van der Waals surface area contributed by atoms with Crippen LogP contribution in [0.15, 0.2) is 24.3 Å². The normalized spacial score (nSPS) is 24.8. The van der Waals surface area contributed by atoms with Gasteiger partial charge in [-0.1, -0.05) is 37.5 Å². The Morgan fingerprint density at radius 1 is 1.21 bits per heavy atom. The molecule has 3 rings (SSSR count). The highest BCUT2D eigenvalue weighted by Gasteiger charge is 2.32. The van der Waals surface area contributed by atoms with Crippen LogP contribution in [0.4, 0.5) is 0 Å². The van der Waals surface area contributed by atoms with Crippen LogP contribution >= 0.6 is 11.6 Å². The zero-order valence-corrected chi connectivity index (χ0v) is 12.1. The average molecular weight is 280 g/mol. The second-order valence-corrected chi connectivity index (χ2v) is 6.17. The molecule has 0 radical (unpaired) electrons. The minimum atomic E-state index is 0.151. The Morgan fingerprint density at radius 3 is 2.74 bits per heavy atom. The van der Waals surface area contributed by atoms with E-state index in [-0.39, 0.29) is 11.6 Å². The molecule has 1 aromatic rings. The van der Waals surface area contributed by atoms with Crippen molar-refractivity contribution in [1.29, 1.82) is 0 Å². The molecule has 1 aromatic carbocycles. The van der Waals surface area contributed by atoms with E-state index in [2.05, 4.69) is 23.5 Å². The predicted octanol–water partition coefficient (Wildman–Crippen LogP) is 3.52. The third kappa shape index (κ3) is 2.90. The van der Waals surface area contributed by atoms with Crippen molar-refractivity contribution in [2.75, 3.05) is 12.4 Å². The van der Waals surface area contributed by atoms with Gasteiger partial charge in [0.1, 0.15) is 11.9 Å². The average Bonchev–Trinajstić information content (AvgIpc) is 2.89. The number of fused-ring (bicyclic) bond motifs is 1. The molecule has 19 heavy (non-hydrogen) atoms. The lowest BCUT2D eigenvalue weighted by Crippen LogP contribution is -2.51. The molecule has 0 amide bonds. The summed E-state index contributed by atoms with van der Waals surface area (Å²) in [6.07, 6.45) is 7.63. The lowest BCUT2D eigenvalue weighted by molar-refractivity contribution is 0.185. The van der Waals surface area contributed by atoms with Gasteiger partial charge in [0, 0.05) is 24.4 Å². The van der Waals surface area contributed by atoms with Crippen molar-refractivity contribution in [2.45, 2.75) is 50.2 Å². The van der Waals surface area contributed by atoms with Crippen LogP contribution in [-0.2, 0) is 6.42 Å². The number of hydrogen-bond donors (Lipinski definition) is 1. The van der Waals surface area contributed by atoms with E-state index in [1.54, 1.807) is 0 Å². The summed E-state index contributed by atoms with van der Waals surface area (Å²) in [6, 6.07) is 8.34. The maximum atomic E-state index is 6.21. The van der Waals surface area contributed by atoms with E-state index in [1.165, 1.54) is 37.7 Å². The van der Waals surface area contributed by atoms with Crippen LogP contribution in [-0.4, -0.2) is 24.1 Å². The van der Waals surface area contributed by atoms with Crippen LogP contribution in [0.3, 0.4) is 0 Å². The third-order valence-electron chi connectivity index (χ3n) is 4.49. The molecule has 1 fully saturated rings. The molecule has 104 valence electrons. The first-order valence-corrected chi connectivity index (χ1v) is 7.90. The number of benzene rings is 1. The first-order valence-electron chi connectivity index (χ1n) is 7.37. The molecule has 1 N–H and O–H groups in total. The van der Waals surface area contributed by atoms with Crippen molar-refractivity contribution < 1.29 is 4.74 Å². The Balaban J connectivity index is 1.56. The molecule has 1 aliphatic carbocycles. The van der Waals surface area contributed by atoms with Crippen LogP contribution in [0.1, 0.15) is 37.7 Å². The van der Waals surface area contributed by atoms with Gasteiger partial charge in [-0.05, 0) is 24.5 Å².